The van der Waals surface area contributed by atoms with Gasteiger partial charge in [0.05, 0.1) is 47.5 Å². The molecule has 0 aromatic carbocycles. The molecular formula is C25H31N7O2. The van der Waals surface area contributed by atoms with E-state index in [1.54, 1.807) is 49.4 Å². The molecule has 2 aromatic rings. The molecule has 0 saturated heterocycles. The lowest BCUT2D eigenvalue weighted by Gasteiger charge is -2.21. The fraction of sp³-hybridized carbons (Fsp3) is 0.400. The lowest BCUT2D eigenvalue weighted by atomic mass is 9.88. The number of hydrogen-bond acceptors (Lipinski definition) is 8. The third-order valence-corrected chi connectivity index (χ3v) is 5.67. The van der Waals surface area contributed by atoms with Gasteiger partial charge < -0.3 is 9.84 Å². The predicted octanol–water partition coefficient (Wildman–Crippen LogP) is 2.98. The highest BCUT2D eigenvalue weighted by molar-refractivity contribution is 6.02. The van der Waals surface area contributed by atoms with Crippen LogP contribution in [0.15, 0.2) is 53.6 Å². The SMILES string of the molecule is CC(C1=CC(c2ncc(OCC(C)(C)O)cn2)=CCC1)c1nn(C2=CCN(C)N=C2)ccc1=N. The molecule has 0 saturated carbocycles. The number of nitrogens with zero attached hydrogens (tertiary/aromatic N) is 6. The van der Waals surface area contributed by atoms with E-state index in [1.165, 1.54) is 5.57 Å². The van der Waals surface area contributed by atoms with Gasteiger partial charge in [-0.3, -0.25) is 10.4 Å². The number of allylic oxidation sites excluding steroid dienone is 5. The minimum atomic E-state index is -0.921. The fourth-order valence-corrected chi connectivity index (χ4v) is 3.73. The normalized spacial score (nSPS) is 17.1. The van der Waals surface area contributed by atoms with Gasteiger partial charge in [0.2, 0.25) is 0 Å². The summed E-state index contributed by atoms with van der Waals surface area (Å²) in [5.41, 5.74) is 2.83. The van der Waals surface area contributed by atoms with E-state index < -0.39 is 5.60 Å². The van der Waals surface area contributed by atoms with Crippen LogP contribution in [0.1, 0.15) is 51.0 Å². The number of rotatable bonds is 7. The second-order valence-electron chi connectivity index (χ2n) is 9.26. The lowest BCUT2D eigenvalue weighted by Crippen LogP contribution is -2.27. The summed E-state index contributed by atoms with van der Waals surface area (Å²) in [5, 5.41) is 29.6. The summed E-state index contributed by atoms with van der Waals surface area (Å²) in [7, 11) is 1.92. The molecule has 2 N–H and O–H groups in total. The molecule has 178 valence electrons. The van der Waals surface area contributed by atoms with Crippen LogP contribution >= 0.6 is 0 Å². The Morgan fingerprint density at radius 1 is 1.24 bits per heavy atom. The van der Waals surface area contributed by atoms with Crippen molar-refractivity contribution in [3.8, 4) is 5.75 Å². The first kappa shape index (κ1) is 23.6. The van der Waals surface area contributed by atoms with Crippen molar-refractivity contribution in [1.29, 1.82) is 5.41 Å². The van der Waals surface area contributed by atoms with Crippen LogP contribution in [0, 0.1) is 5.41 Å². The number of aromatic nitrogens is 4. The van der Waals surface area contributed by atoms with Crippen molar-refractivity contribution in [3.05, 3.63) is 65.3 Å². The zero-order valence-electron chi connectivity index (χ0n) is 20.1. The Hall–Kier alpha value is -3.59. The van der Waals surface area contributed by atoms with E-state index in [9.17, 15) is 5.11 Å². The van der Waals surface area contributed by atoms with Crippen molar-refractivity contribution in [1.82, 2.24) is 24.8 Å². The molecular weight excluding hydrogens is 430 g/mol. The Bertz CT molecular complexity index is 1220. The monoisotopic (exact) mass is 461 g/mol. The quantitative estimate of drug-likeness (QED) is 0.656. The summed E-state index contributed by atoms with van der Waals surface area (Å²) in [6, 6.07) is 1.78. The van der Waals surface area contributed by atoms with E-state index in [0.29, 0.717) is 16.9 Å². The lowest BCUT2D eigenvalue weighted by molar-refractivity contribution is 0.0282. The van der Waals surface area contributed by atoms with Crippen LogP contribution in [0.2, 0.25) is 0 Å². The van der Waals surface area contributed by atoms with Crippen LogP contribution in [0.4, 0.5) is 0 Å². The van der Waals surface area contributed by atoms with Gasteiger partial charge in [-0.25, -0.2) is 14.6 Å². The second-order valence-corrected chi connectivity index (χ2v) is 9.26. The summed E-state index contributed by atoms with van der Waals surface area (Å²) in [6.07, 6.45) is 14.9. The standard InChI is InChI=1S/C25H31N7O2/c1-17(23-22(26)9-11-32(30-23)20-8-10-31(4)29-13-20)18-6-5-7-19(12-18)24-27-14-21(15-28-24)34-16-25(2,3)33/h7-9,11-15,17,26,33H,5-6,10,16H2,1-4H3. The van der Waals surface area contributed by atoms with Gasteiger partial charge in [0.1, 0.15) is 6.61 Å². The van der Waals surface area contributed by atoms with Crippen LogP contribution in [0.3, 0.4) is 0 Å². The van der Waals surface area contributed by atoms with Crippen LogP contribution in [0.5, 0.6) is 5.75 Å². The maximum Gasteiger partial charge on any atom is 0.159 e. The molecule has 2 aromatic heterocycles. The average molecular weight is 462 g/mol. The maximum atomic E-state index is 9.82. The largest absolute Gasteiger partial charge is 0.487 e. The third-order valence-electron chi connectivity index (χ3n) is 5.67. The Balaban J connectivity index is 1.53. The number of likely N-dealkylation sites (N-methyl/N-ethyl adjacent to an activating group) is 1. The van der Waals surface area contributed by atoms with E-state index in [4.69, 9.17) is 15.2 Å². The van der Waals surface area contributed by atoms with Crippen molar-refractivity contribution in [2.45, 2.75) is 45.1 Å². The molecule has 0 bridgehead atoms. The van der Waals surface area contributed by atoms with E-state index in [0.717, 1.165) is 36.4 Å². The number of hydrogen-bond donors (Lipinski definition) is 2. The minimum Gasteiger partial charge on any atom is -0.487 e. The molecule has 0 fully saturated rings. The third kappa shape index (κ3) is 5.66. The number of hydrazone groups is 1. The van der Waals surface area contributed by atoms with Gasteiger partial charge in [0.25, 0.3) is 0 Å². The van der Waals surface area contributed by atoms with E-state index in [1.807, 2.05) is 12.1 Å². The topological polar surface area (TPSA) is 113 Å². The molecule has 0 radical (unpaired) electrons. The fourth-order valence-electron chi connectivity index (χ4n) is 3.73. The van der Waals surface area contributed by atoms with Crippen molar-refractivity contribution >= 4 is 17.5 Å². The van der Waals surface area contributed by atoms with Crippen molar-refractivity contribution in [3.63, 3.8) is 0 Å². The summed E-state index contributed by atoms with van der Waals surface area (Å²) in [4.78, 5) is 8.91. The molecule has 0 spiro atoms. The first-order valence-corrected chi connectivity index (χ1v) is 11.4. The zero-order valence-corrected chi connectivity index (χ0v) is 20.1. The molecule has 1 aliphatic heterocycles. The molecule has 0 amide bonds. The van der Waals surface area contributed by atoms with E-state index in [-0.39, 0.29) is 12.5 Å². The Labute approximate surface area is 199 Å². The predicted molar refractivity (Wildman–Crippen MR) is 131 cm³/mol. The number of nitrogens with one attached hydrogen (secondary N) is 1. The molecule has 2 aliphatic rings. The Morgan fingerprint density at radius 2 is 2.00 bits per heavy atom. The molecule has 1 unspecified atom stereocenters. The first-order chi connectivity index (χ1) is 16.2. The van der Waals surface area contributed by atoms with Gasteiger partial charge in [-0.2, -0.15) is 10.2 Å². The second kappa shape index (κ2) is 9.72. The zero-order chi connectivity index (χ0) is 24.3. The van der Waals surface area contributed by atoms with Crippen LogP contribution in [-0.2, 0) is 0 Å². The van der Waals surface area contributed by atoms with E-state index >= 15 is 0 Å². The van der Waals surface area contributed by atoms with Gasteiger partial charge in [-0.15, -0.1) is 0 Å². The molecule has 4 rings (SSSR count). The maximum absolute atomic E-state index is 9.82. The Kier molecular flexibility index (Phi) is 6.74. The van der Waals surface area contributed by atoms with Crippen molar-refractivity contribution < 1.29 is 9.84 Å². The first-order valence-electron chi connectivity index (χ1n) is 11.4. The van der Waals surface area contributed by atoms with E-state index in [2.05, 4.69) is 40.2 Å². The van der Waals surface area contributed by atoms with Crippen molar-refractivity contribution in [2.24, 2.45) is 5.10 Å². The van der Waals surface area contributed by atoms with Gasteiger partial charge in [0, 0.05) is 24.7 Å². The highest BCUT2D eigenvalue weighted by atomic mass is 16.5. The molecule has 1 aliphatic carbocycles. The number of ether oxygens (including phenoxy) is 1. The van der Waals surface area contributed by atoms with Crippen LogP contribution < -0.4 is 10.1 Å². The van der Waals surface area contributed by atoms with Crippen LogP contribution in [-0.4, -0.2) is 61.9 Å². The molecule has 34 heavy (non-hydrogen) atoms. The van der Waals surface area contributed by atoms with Gasteiger partial charge in [-0.05, 0) is 38.8 Å². The number of aliphatic hydroxyl groups is 1. The van der Waals surface area contributed by atoms with Crippen molar-refractivity contribution in [2.75, 3.05) is 20.2 Å². The van der Waals surface area contributed by atoms with Gasteiger partial charge in [0.15, 0.2) is 11.6 Å². The van der Waals surface area contributed by atoms with Gasteiger partial charge >= 0.3 is 0 Å². The average Bonchev–Trinajstić information content (AvgIpc) is 2.83. The molecule has 3 heterocycles. The summed E-state index contributed by atoms with van der Waals surface area (Å²) >= 11 is 0. The van der Waals surface area contributed by atoms with Gasteiger partial charge in [-0.1, -0.05) is 24.6 Å². The molecule has 9 nitrogen and oxygen atoms in total. The highest BCUT2D eigenvalue weighted by Gasteiger charge is 2.20. The minimum absolute atomic E-state index is 0.0261. The van der Waals surface area contributed by atoms with Crippen LogP contribution in [0.25, 0.3) is 11.3 Å². The Morgan fingerprint density at radius 3 is 2.68 bits per heavy atom. The summed E-state index contributed by atoms with van der Waals surface area (Å²) in [6.45, 7) is 6.34. The summed E-state index contributed by atoms with van der Waals surface area (Å²) in [5.74, 6) is 1.11. The highest BCUT2D eigenvalue weighted by Crippen LogP contribution is 2.31. The summed E-state index contributed by atoms with van der Waals surface area (Å²) < 4.78 is 7.34. The smallest absolute Gasteiger partial charge is 0.159 e. The molecule has 1 atom stereocenters. The molecule has 9 heteroatoms.